The Morgan fingerprint density at radius 1 is 1.28 bits per heavy atom. The number of thiophene rings is 1. The van der Waals surface area contributed by atoms with Gasteiger partial charge in [0.1, 0.15) is 5.52 Å². The van der Waals surface area contributed by atoms with Crippen molar-refractivity contribution >= 4 is 28.2 Å². The molecular weight excluding hydrogens is 246 g/mol. The minimum absolute atomic E-state index is 0.0552. The summed E-state index contributed by atoms with van der Waals surface area (Å²) in [5.41, 5.74) is 1.52. The Hall–Kier alpha value is -1.94. The summed E-state index contributed by atoms with van der Waals surface area (Å²) in [6.45, 7) is 1.99. The zero-order chi connectivity index (χ0) is 12.5. The van der Waals surface area contributed by atoms with E-state index >= 15 is 0 Å². The summed E-state index contributed by atoms with van der Waals surface area (Å²) in [5, 5.41) is 0. The number of rotatable bonds is 3. The lowest BCUT2D eigenvalue weighted by atomic mass is 10.2. The molecule has 0 saturated heterocycles. The van der Waals surface area contributed by atoms with E-state index in [9.17, 15) is 4.79 Å². The lowest BCUT2D eigenvalue weighted by molar-refractivity contribution is 0.0990. The van der Waals surface area contributed by atoms with Gasteiger partial charge in [0.15, 0.2) is 11.4 Å². The summed E-state index contributed by atoms with van der Waals surface area (Å²) in [4.78, 5) is 18.2. The molecule has 18 heavy (non-hydrogen) atoms. The summed E-state index contributed by atoms with van der Waals surface area (Å²) in [7, 11) is 0. The topological polar surface area (TPSA) is 43.1 Å². The molecule has 1 aromatic carbocycles. The van der Waals surface area contributed by atoms with Crippen molar-refractivity contribution in [1.29, 1.82) is 0 Å². The van der Waals surface area contributed by atoms with Crippen LogP contribution in [0.5, 0.6) is 0 Å². The molecule has 0 aliphatic heterocycles. The van der Waals surface area contributed by atoms with Crippen LogP contribution in [0.4, 0.5) is 0 Å². The van der Waals surface area contributed by atoms with Crippen LogP contribution in [0.3, 0.4) is 0 Å². The molecule has 0 N–H and O–H groups in total. The molecule has 0 amide bonds. The Bertz CT molecular complexity index is 678. The summed E-state index contributed by atoms with van der Waals surface area (Å²) in [6.07, 6.45) is 0.217. The number of ketones is 1. The first-order valence-electron chi connectivity index (χ1n) is 5.66. The van der Waals surface area contributed by atoms with Gasteiger partial charge in [-0.05, 0) is 31.2 Å². The highest BCUT2D eigenvalue weighted by atomic mass is 32.1. The molecule has 0 aliphatic rings. The molecule has 3 rings (SSSR count). The molecule has 0 fully saturated rings. The van der Waals surface area contributed by atoms with Gasteiger partial charge in [-0.2, -0.15) is 0 Å². The fourth-order valence-corrected chi connectivity index (χ4v) is 2.61. The van der Waals surface area contributed by atoms with Crippen molar-refractivity contribution in [3.05, 3.63) is 52.0 Å². The normalized spacial score (nSPS) is 10.9. The predicted octanol–water partition coefficient (Wildman–Crippen LogP) is 3.62. The first-order chi connectivity index (χ1) is 8.72. The van der Waals surface area contributed by atoms with E-state index in [0.29, 0.717) is 5.89 Å². The summed E-state index contributed by atoms with van der Waals surface area (Å²) >= 11 is 1.50. The maximum Gasteiger partial charge on any atom is 0.203 e. The quantitative estimate of drug-likeness (QED) is 0.673. The van der Waals surface area contributed by atoms with Gasteiger partial charge in [-0.25, -0.2) is 4.98 Å². The number of carbonyl (C=O) groups excluding carboxylic acids is 1. The van der Waals surface area contributed by atoms with E-state index in [-0.39, 0.29) is 12.2 Å². The number of fused-ring (bicyclic) bond motifs is 1. The van der Waals surface area contributed by atoms with Gasteiger partial charge in [-0.1, -0.05) is 12.1 Å². The Morgan fingerprint density at radius 2 is 2.11 bits per heavy atom. The first-order valence-corrected chi connectivity index (χ1v) is 6.48. The summed E-state index contributed by atoms with van der Waals surface area (Å²) in [5.74, 6) is 0.534. The SMILES string of the molecule is Cc1ccc(C(=O)Cc2nc3ccccc3o2)s1. The maximum atomic E-state index is 12.0. The van der Waals surface area contributed by atoms with Crippen LogP contribution < -0.4 is 0 Å². The number of oxazole rings is 1. The minimum Gasteiger partial charge on any atom is -0.440 e. The van der Waals surface area contributed by atoms with Crippen molar-refractivity contribution in [2.24, 2.45) is 0 Å². The van der Waals surface area contributed by atoms with Gasteiger partial charge >= 0.3 is 0 Å². The standard InChI is InChI=1S/C14H11NO2S/c1-9-6-7-13(18-9)11(16)8-14-15-10-4-2-3-5-12(10)17-14/h2-7H,8H2,1H3. The molecule has 0 saturated carbocycles. The van der Waals surface area contributed by atoms with Gasteiger partial charge < -0.3 is 4.42 Å². The molecule has 0 spiro atoms. The highest BCUT2D eigenvalue weighted by molar-refractivity contribution is 7.14. The first kappa shape index (κ1) is 11.2. The number of para-hydroxylation sites is 2. The molecule has 2 aromatic heterocycles. The Labute approximate surface area is 108 Å². The fourth-order valence-electron chi connectivity index (χ4n) is 1.80. The second kappa shape index (κ2) is 4.38. The number of hydrogen-bond donors (Lipinski definition) is 0. The van der Waals surface area contributed by atoms with Crippen LogP contribution in [0.15, 0.2) is 40.8 Å². The average Bonchev–Trinajstić information content (AvgIpc) is 2.94. The molecular formula is C14H11NO2S. The molecule has 0 aliphatic carbocycles. The number of Topliss-reactive ketones (excluding diaryl/α,β-unsaturated/α-hetero) is 1. The number of benzene rings is 1. The highest BCUT2D eigenvalue weighted by Gasteiger charge is 2.13. The largest absolute Gasteiger partial charge is 0.440 e. The van der Waals surface area contributed by atoms with Crippen molar-refractivity contribution in [1.82, 2.24) is 4.98 Å². The van der Waals surface area contributed by atoms with Crippen LogP contribution in [-0.4, -0.2) is 10.8 Å². The van der Waals surface area contributed by atoms with Crippen LogP contribution in [-0.2, 0) is 6.42 Å². The molecule has 90 valence electrons. The molecule has 0 unspecified atom stereocenters. The molecule has 0 atom stereocenters. The molecule has 0 radical (unpaired) electrons. The van der Waals surface area contributed by atoms with Crippen LogP contribution in [0.2, 0.25) is 0 Å². The third-order valence-corrected chi connectivity index (χ3v) is 3.71. The smallest absolute Gasteiger partial charge is 0.203 e. The van der Waals surface area contributed by atoms with Crippen LogP contribution in [0.25, 0.3) is 11.1 Å². The van der Waals surface area contributed by atoms with Crippen LogP contribution >= 0.6 is 11.3 Å². The number of carbonyl (C=O) groups is 1. The van der Waals surface area contributed by atoms with Crippen LogP contribution in [0, 0.1) is 6.92 Å². The van der Waals surface area contributed by atoms with E-state index in [1.807, 2.05) is 43.3 Å². The van der Waals surface area contributed by atoms with Crippen molar-refractivity contribution in [2.75, 3.05) is 0 Å². The van der Waals surface area contributed by atoms with E-state index in [0.717, 1.165) is 20.9 Å². The van der Waals surface area contributed by atoms with E-state index in [2.05, 4.69) is 4.98 Å². The second-order valence-electron chi connectivity index (χ2n) is 4.09. The number of hydrogen-bond acceptors (Lipinski definition) is 4. The third-order valence-electron chi connectivity index (χ3n) is 2.67. The van der Waals surface area contributed by atoms with Crippen LogP contribution in [0.1, 0.15) is 20.4 Å². The van der Waals surface area contributed by atoms with Gasteiger partial charge in [-0.15, -0.1) is 11.3 Å². The minimum atomic E-state index is 0.0552. The van der Waals surface area contributed by atoms with Gasteiger partial charge in [0, 0.05) is 4.88 Å². The number of aromatic nitrogens is 1. The third kappa shape index (κ3) is 2.07. The fraction of sp³-hybridized carbons (Fsp3) is 0.143. The van der Waals surface area contributed by atoms with Gasteiger partial charge in [0.25, 0.3) is 0 Å². The van der Waals surface area contributed by atoms with Crippen molar-refractivity contribution in [2.45, 2.75) is 13.3 Å². The van der Waals surface area contributed by atoms with Crippen molar-refractivity contribution < 1.29 is 9.21 Å². The average molecular weight is 257 g/mol. The lowest BCUT2D eigenvalue weighted by Gasteiger charge is -1.92. The van der Waals surface area contributed by atoms with Gasteiger partial charge in [0.2, 0.25) is 5.89 Å². The molecule has 2 heterocycles. The number of aryl methyl sites for hydroxylation is 1. The summed E-state index contributed by atoms with van der Waals surface area (Å²) < 4.78 is 5.54. The van der Waals surface area contributed by atoms with Gasteiger partial charge in [0.05, 0.1) is 11.3 Å². The second-order valence-corrected chi connectivity index (χ2v) is 5.37. The number of nitrogens with zero attached hydrogens (tertiary/aromatic N) is 1. The highest BCUT2D eigenvalue weighted by Crippen LogP contribution is 2.19. The Balaban J connectivity index is 1.86. The molecule has 3 nitrogen and oxygen atoms in total. The zero-order valence-electron chi connectivity index (χ0n) is 9.84. The van der Waals surface area contributed by atoms with E-state index in [4.69, 9.17) is 4.42 Å². The predicted molar refractivity (Wildman–Crippen MR) is 71.1 cm³/mol. The van der Waals surface area contributed by atoms with Gasteiger partial charge in [-0.3, -0.25) is 4.79 Å². The lowest BCUT2D eigenvalue weighted by Crippen LogP contribution is -2.00. The van der Waals surface area contributed by atoms with E-state index in [1.54, 1.807) is 0 Å². The molecule has 4 heteroatoms. The van der Waals surface area contributed by atoms with Crippen molar-refractivity contribution in [3.8, 4) is 0 Å². The van der Waals surface area contributed by atoms with Crippen molar-refractivity contribution in [3.63, 3.8) is 0 Å². The molecule has 3 aromatic rings. The Morgan fingerprint density at radius 3 is 2.83 bits per heavy atom. The van der Waals surface area contributed by atoms with E-state index < -0.39 is 0 Å². The summed E-state index contributed by atoms with van der Waals surface area (Å²) in [6, 6.07) is 11.3. The Kier molecular flexibility index (Phi) is 2.72. The van der Waals surface area contributed by atoms with E-state index in [1.165, 1.54) is 11.3 Å². The zero-order valence-corrected chi connectivity index (χ0v) is 10.7. The monoisotopic (exact) mass is 257 g/mol. The molecule has 0 bridgehead atoms. The maximum absolute atomic E-state index is 12.0.